The number of nitrogens with one attached hydrogen (secondary N) is 2. The summed E-state index contributed by atoms with van der Waals surface area (Å²) in [4.78, 5) is 24.2. The molecule has 28 heavy (non-hydrogen) atoms. The third kappa shape index (κ3) is 5.86. The van der Waals surface area contributed by atoms with E-state index in [2.05, 4.69) is 10.9 Å². The molecule has 0 atom stereocenters. The third-order valence-corrected chi connectivity index (χ3v) is 4.19. The molecule has 0 aliphatic heterocycles. The maximum Gasteiger partial charge on any atom is 0.269 e. The van der Waals surface area contributed by atoms with Crippen LogP contribution < -0.4 is 15.6 Å². The van der Waals surface area contributed by atoms with Crippen LogP contribution in [0.1, 0.15) is 21.5 Å². The molecule has 0 fully saturated rings. The highest BCUT2D eigenvalue weighted by Crippen LogP contribution is 2.15. The number of ether oxygens (including phenoxy) is 1. The highest BCUT2D eigenvalue weighted by atomic mass is 35.5. The molecule has 3 aromatic rings. The van der Waals surface area contributed by atoms with Crippen LogP contribution in [0.2, 0.25) is 5.02 Å². The summed E-state index contributed by atoms with van der Waals surface area (Å²) in [6.07, 6.45) is 0.137. The maximum atomic E-state index is 12.3. The van der Waals surface area contributed by atoms with Crippen LogP contribution in [0.3, 0.4) is 0 Å². The van der Waals surface area contributed by atoms with E-state index in [0.717, 1.165) is 11.1 Å². The van der Waals surface area contributed by atoms with Crippen LogP contribution >= 0.6 is 11.6 Å². The van der Waals surface area contributed by atoms with Crippen LogP contribution in [0, 0.1) is 0 Å². The molecule has 0 unspecified atom stereocenters. The second-order valence-corrected chi connectivity index (χ2v) is 6.54. The molecule has 0 saturated carbocycles. The largest absolute Gasteiger partial charge is 0.489 e. The second-order valence-electron chi connectivity index (χ2n) is 6.11. The SMILES string of the molecule is O=C(Cc1ccc(Cl)cc1)NNC(=O)c1cccc(OCc2ccccc2)c1. The summed E-state index contributed by atoms with van der Waals surface area (Å²) in [5, 5.41) is 0.604. The number of hydrogen-bond acceptors (Lipinski definition) is 3. The first-order valence-electron chi connectivity index (χ1n) is 8.70. The summed E-state index contributed by atoms with van der Waals surface area (Å²) in [7, 11) is 0. The topological polar surface area (TPSA) is 67.4 Å². The van der Waals surface area contributed by atoms with Gasteiger partial charge < -0.3 is 4.74 Å². The minimum atomic E-state index is -0.422. The van der Waals surface area contributed by atoms with Crippen LogP contribution in [-0.2, 0) is 17.8 Å². The molecule has 0 aromatic heterocycles. The zero-order valence-corrected chi connectivity index (χ0v) is 15.8. The Bertz CT molecular complexity index is 944. The Morgan fingerprint density at radius 1 is 0.821 bits per heavy atom. The van der Waals surface area contributed by atoms with E-state index in [1.165, 1.54) is 0 Å². The molecular formula is C22H19ClN2O3. The van der Waals surface area contributed by atoms with Crippen molar-refractivity contribution in [3.8, 4) is 5.75 Å². The number of hydrogen-bond donors (Lipinski definition) is 2. The number of carbonyl (C=O) groups excluding carboxylic acids is 2. The standard InChI is InChI=1S/C22H19ClN2O3/c23-19-11-9-16(10-12-19)13-21(26)24-25-22(27)18-7-4-8-20(14-18)28-15-17-5-2-1-3-6-17/h1-12,14H,13,15H2,(H,24,26)(H,25,27). The van der Waals surface area contributed by atoms with E-state index < -0.39 is 5.91 Å². The monoisotopic (exact) mass is 394 g/mol. The van der Waals surface area contributed by atoms with Gasteiger partial charge in [0.25, 0.3) is 5.91 Å². The van der Waals surface area contributed by atoms with Crippen molar-refractivity contribution in [3.63, 3.8) is 0 Å². The van der Waals surface area contributed by atoms with Crippen molar-refractivity contribution >= 4 is 23.4 Å². The van der Waals surface area contributed by atoms with Crippen LogP contribution in [0.25, 0.3) is 0 Å². The molecule has 0 bridgehead atoms. The van der Waals surface area contributed by atoms with Crippen LogP contribution in [0.15, 0.2) is 78.9 Å². The van der Waals surface area contributed by atoms with Gasteiger partial charge in [-0.25, -0.2) is 0 Å². The summed E-state index contributed by atoms with van der Waals surface area (Å²) in [5.74, 6) is -0.175. The first kappa shape index (κ1) is 19.5. The Labute approximate surface area is 168 Å². The van der Waals surface area contributed by atoms with Crippen molar-refractivity contribution in [1.82, 2.24) is 10.9 Å². The molecule has 0 aliphatic rings. The number of amides is 2. The molecule has 2 amide bonds. The molecule has 3 rings (SSSR count). The highest BCUT2D eigenvalue weighted by Gasteiger charge is 2.09. The van der Waals surface area contributed by atoms with E-state index in [0.29, 0.717) is 22.9 Å². The quantitative estimate of drug-likeness (QED) is 0.622. The number of hydrazine groups is 1. The van der Waals surface area contributed by atoms with E-state index >= 15 is 0 Å². The first-order valence-corrected chi connectivity index (χ1v) is 9.08. The van der Waals surface area contributed by atoms with E-state index in [9.17, 15) is 9.59 Å². The van der Waals surface area contributed by atoms with Gasteiger partial charge in [-0.2, -0.15) is 0 Å². The summed E-state index contributed by atoms with van der Waals surface area (Å²) in [6, 6.07) is 23.5. The average molecular weight is 395 g/mol. The molecule has 3 aromatic carbocycles. The van der Waals surface area contributed by atoms with Crippen molar-refractivity contribution in [3.05, 3.63) is 101 Å². The summed E-state index contributed by atoms with van der Waals surface area (Å²) >= 11 is 5.82. The van der Waals surface area contributed by atoms with Gasteiger partial charge in [-0.3, -0.25) is 20.4 Å². The summed E-state index contributed by atoms with van der Waals surface area (Å²) < 4.78 is 5.72. The van der Waals surface area contributed by atoms with Gasteiger partial charge in [0, 0.05) is 10.6 Å². The van der Waals surface area contributed by atoms with Crippen molar-refractivity contribution in [2.45, 2.75) is 13.0 Å². The average Bonchev–Trinajstić information content (AvgIpc) is 2.73. The summed E-state index contributed by atoms with van der Waals surface area (Å²) in [5.41, 5.74) is 7.04. The lowest BCUT2D eigenvalue weighted by molar-refractivity contribution is -0.121. The molecule has 2 N–H and O–H groups in total. The Morgan fingerprint density at radius 2 is 1.57 bits per heavy atom. The van der Waals surface area contributed by atoms with Crippen LogP contribution in [0.4, 0.5) is 0 Å². The first-order chi connectivity index (χ1) is 13.6. The van der Waals surface area contributed by atoms with Gasteiger partial charge >= 0.3 is 0 Å². The van der Waals surface area contributed by atoms with Gasteiger partial charge in [0.05, 0.1) is 6.42 Å². The minimum Gasteiger partial charge on any atom is -0.489 e. The highest BCUT2D eigenvalue weighted by molar-refractivity contribution is 6.30. The van der Waals surface area contributed by atoms with E-state index in [4.69, 9.17) is 16.3 Å². The van der Waals surface area contributed by atoms with Crippen molar-refractivity contribution in [1.29, 1.82) is 0 Å². The predicted molar refractivity (Wildman–Crippen MR) is 108 cm³/mol. The number of benzene rings is 3. The number of rotatable bonds is 6. The fourth-order valence-electron chi connectivity index (χ4n) is 2.50. The van der Waals surface area contributed by atoms with Gasteiger partial charge in [-0.05, 0) is 41.5 Å². The van der Waals surface area contributed by atoms with Crippen LogP contribution in [0.5, 0.6) is 5.75 Å². The second kappa shape index (κ2) is 9.58. The molecule has 0 radical (unpaired) electrons. The molecule has 142 valence electrons. The Hall–Kier alpha value is -3.31. The van der Waals surface area contributed by atoms with Gasteiger partial charge in [0.1, 0.15) is 12.4 Å². The molecule has 6 heteroatoms. The minimum absolute atomic E-state index is 0.137. The smallest absolute Gasteiger partial charge is 0.269 e. The van der Waals surface area contributed by atoms with Gasteiger partial charge in [0.2, 0.25) is 5.91 Å². The Kier molecular flexibility index (Phi) is 6.65. The van der Waals surface area contributed by atoms with E-state index in [1.54, 1.807) is 48.5 Å². The van der Waals surface area contributed by atoms with Crippen LogP contribution in [-0.4, -0.2) is 11.8 Å². The van der Waals surface area contributed by atoms with Crippen molar-refractivity contribution < 1.29 is 14.3 Å². The van der Waals surface area contributed by atoms with Crippen molar-refractivity contribution in [2.24, 2.45) is 0 Å². The van der Waals surface area contributed by atoms with Crippen molar-refractivity contribution in [2.75, 3.05) is 0 Å². The van der Waals surface area contributed by atoms with Gasteiger partial charge in [-0.15, -0.1) is 0 Å². The molecular weight excluding hydrogens is 376 g/mol. The zero-order valence-electron chi connectivity index (χ0n) is 15.0. The Morgan fingerprint density at radius 3 is 2.32 bits per heavy atom. The van der Waals surface area contributed by atoms with Gasteiger partial charge in [-0.1, -0.05) is 60.1 Å². The zero-order chi connectivity index (χ0) is 19.8. The molecule has 0 heterocycles. The molecule has 0 aliphatic carbocycles. The molecule has 0 spiro atoms. The maximum absolute atomic E-state index is 12.3. The normalized spacial score (nSPS) is 10.2. The lowest BCUT2D eigenvalue weighted by Gasteiger charge is -2.10. The molecule has 5 nitrogen and oxygen atoms in total. The van der Waals surface area contributed by atoms with Gasteiger partial charge in [0.15, 0.2) is 0 Å². The lowest BCUT2D eigenvalue weighted by Crippen LogP contribution is -2.42. The Balaban J connectivity index is 1.51. The molecule has 0 saturated heterocycles. The van der Waals surface area contributed by atoms with E-state index in [1.807, 2.05) is 30.3 Å². The third-order valence-electron chi connectivity index (χ3n) is 3.94. The number of halogens is 1. The predicted octanol–water partition coefficient (Wildman–Crippen LogP) is 3.92. The fourth-order valence-corrected chi connectivity index (χ4v) is 2.62. The van der Waals surface area contributed by atoms with E-state index in [-0.39, 0.29) is 12.3 Å². The summed E-state index contributed by atoms with van der Waals surface area (Å²) in [6.45, 7) is 0.406. The number of carbonyl (C=O) groups is 2. The lowest BCUT2D eigenvalue weighted by atomic mass is 10.1. The fraction of sp³-hybridized carbons (Fsp3) is 0.0909.